The SMILES string of the molecule is CC(Oc1ccc(C#N)c(Cl)c1C=O)C(C)(F)F.CN1CCc2nn(-c3ccc(F)cc3)cc2C1. The zero-order valence-electron chi connectivity index (χ0n) is 19.4. The second-order valence-electron chi connectivity index (χ2n) is 8.29. The number of nitriles is 1. The van der Waals surface area contributed by atoms with E-state index in [-0.39, 0.29) is 27.7 Å². The highest BCUT2D eigenvalue weighted by molar-refractivity contribution is 6.34. The van der Waals surface area contributed by atoms with Gasteiger partial charge in [0.15, 0.2) is 12.4 Å². The van der Waals surface area contributed by atoms with E-state index in [1.807, 2.05) is 10.9 Å². The fourth-order valence-electron chi connectivity index (χ4n) is 3.35. The molecule has 3 aromatic rings. The van der Waals surface area contributed by atoms with E-state index >= 15 is 0 Å². The number of benzene rings is 2. The Morgan fingerprint density at radius 1 is 1.26 bits per heavy atom. The van der Waals surface area contributed by atoms with Crippen LogP contribution in [0.5, 0.6) is 5.75 Å². The highest BCUT2D eigenvalue weighted by Crippen LogP contribution is 2.31. The van der Waals surface area contributed by atoms with Gasteiger partial charge in [-0.2, -0.15) is 10.4 Å². The lowest BCUT2D eigenvalue weighted by atomic mass is 10.1. The largest absolute Gasteiger partial charge is 0.484 e. The van der Waals surface area contributed by atoms with Crippen molar-refractivity contribution in [3.8, 4) is 17.5 Å². The molecule has 0 amide bonds. The molecular weight excluding hydrogens is 481 g/mol. The number of aldehydes is 1. The number of carbonyl (C=O) groups is 1. The maximum atomic E-state index is 13.0. The molecule has 0 aliphatic carbocycles. The highest BCUT2D eigenvalue weighted by Gasteiger charge is 2.32. The van der Waals surface area contributed by atoms with Gasteiger partial charge in [0.05, 0.1) is 27.5 Å². The van der Waals surface area contributed by atoms with Crippen molar-refractivity contribution in [1.29, 1.82) is 5.26 Å². The number of likely N-dealkylation sites (N-methyl/N-ethyl adjacent to an activating group) is 1. The molecule has 1 atom stereocenters. The molecule has 2 aromatic carbocycles. The molecule has 0 fully saturated rings. The molecule has 1 aromatic heterocycles. The third-order valence-electron chi connectivity index (χ3n) is 5.53. The maximum Gasteiger partial charge on any atom is 0.281 e. The minimum Gasteiger partial charge on any atom is -0.484 e. The number of aromatic nitrogens is 2. The number of fused-ring (bicyclic) bond motifs is 1. The molecule has 0 radical (unpaired) electrons. The van der Waals surface area contributed by atoms with Crippen LogP contribution >= 0.6 is 11.6 Å². The first-order valence-corrected chi connectivity index (χ1v) is 11.2. The van der Waals surface area contributed by atoms with Crippen molar-refractivity contribution in [2.45, 2.75) is 38.8 Å². The van der Waals surface area contributed by atoms with Crippen LogP contribution in [0.3, 0.4) is 0 Å². The van der Waals surface area contributed by atoms with E-state index in [1.54, 1.807) is 18.2 Å². The lowest BCUT2D eigenvalue weighted by Crippen LogP contribution is -2.32. The summed E-state index contributed by atoms with van der Waals surface area (Å²) in [5.74, 6) is -3.34. The van der Waals surface area contributed by atoms with Crippen molar-refractivity contribution in [3.63, 3.8) is 0 Å². The molecule has 6 nitrogen and oxygen atoms in total. The molecule has 0 N–H and O–H groups in total. The summed E-state index contributed by atoms with van der Waals surface area (Å²) in [6, 6.07) is 10.8. The van der Waals surface area contributed by atoms with Gasteiger partial charge in [-0.15, -0.1) is 0 Å². The summed E-state index contributed by atoms with van der Waals surface area (Å²) in [5, 5.41) is 13.2. The molecule has 184 valence electrons. The van der Waals surface area contributed by atoms with Crippen LogP contribution in [0.4, 0.5) is 13.2 Å². The van der Waals surface area contributed by atoms with Crippen molar-refractivity contribution in [2.24, 2.45) is 0 Å². The monoisotopic (exact) mass is 504 g/mol. The third-order valence-corrected chi connectivity index (χ3v) is 5.94. The predicted octanol–water partition coefficient (Wildman–Crippen LogP) is 5.45. The Morgan fingerprint density at radius 2 is 1.94 bits per heavy atom. The smallest absolute Gasteiger partial charge is 0.281 e. The van der Waals surface area contributed by atoms with Gasteiger partial charge in [-0.25, -0.2) is 17.9 Å². The van der Waals surface area contributed by atoms with Gasteiger partial charge >= 0.3 is 0 Å². The molecule has 1 aliphatic heterocycles. The summed E-state index contributed by atoms with van der Waals surface area (Å²) < 4.78 is 45.7. The number of carbonyl (C=O) groups excluding carboxylic acids is 1. The molecule has 1 unspecified atom stereocenters. The van der Waals surface area contributed by atoms with Crippen LogP contribution in [0.2, 0.25) is 5.02 Å². The minimum atomic E-state index is -3.06. The fourth-order valence-corrected chi connectivity index (χ4v) is 3.59. The number of halogens is 4. The van der Waals surface area contributed by atoms with E-state index in [1.165, 1.54) is 36.8 Å². The van der Waals surface area contributed by atoms with Gasteiger partial charge in [0.25, 0.3) is 5.92 Å². The molecule has 2 heterocycles. The lowest BCUT2D eigenvalue weighted by molar-refractivity contribution is -0.0719. The van der Waals surface area contributed by atoms with Gasteiger partial charge < -0.3 is 9.64 Å². The van der Waals surface area contributed by atoms with Gasteiger partial charge in [0.2, 0.25) is 0 Å². The van der Waals surface area contributed by atoms with Crippen molar-refractivity contribution in [1.82, 2.24) is 14.7 Å². The van der Waals surface area contributed by atoms with E-state index in [2.05, 4.69) is 17.0 Å². The van der Waals surface area contributed by atoms with Gasteiger partial charge in [0, 0.05) is 38.2 Å². The predicted molar refractivity (Wildman–Crippen MR) is 126 cm³/mol. The number of alkyl halides is 2. The summed E-state index contributed by atoms with van der Waals surface area (Å²) in [7, 11) is 2.11. The summed E-state index contributed by atoms with van der Waals surface area (Å²) in [4.78, 5) is 13.2. The number of hydrogen-bond acceptors (Lipinski definition) is 5. The summed E-state index contributed by atoms with van der Waals surface area (Å²) in [6.45, 7) is 3.88. The van der Waals surface area contributed by atoms with Crippen molar-refractivity contribution in [2.75, 3.05) is 13.6 Å². The minimum absolute atomic E-state index is 0.0666. The van der Waals surface area contributed by atoms with Gasteiger partial charge in [-0.05, 0) is 50.4 Å². The van der Waals surface area contributed by atoms with Crippen LogP contribution in [-0.4, -0.2) is 46.6 Å². The van der Waals surface area contributed by atoms with E-state index in [9.17, 15) is 18.0 Å². The van der Waals surface area contributed by atoms with E-state index in [4.69, 9.17) is 21.6 Å². The second kappa shape index (κ2) is 10.9. The average Bonchev–Trinajstić information content (AvgIpc) is 3.23. The molecule has 4 rings (SSSR count). The number of ether oxygens (including phenoxy) is 1. The van der Waals surface area contributed by atoms with Gasteiger partial charge in [-0.1, -0.05) is 11.6 Å². The average molecular weight is 505 g/mol. The zero-order chi connectivity index (χ0) is 25.8. The molecular formula is C25H24ClF3N4O2. The van der Waals surface area contributed by atoms with E-state index in [0.29, 0.717) is 13.2 Å². The highest BCUT2D eigenvalue weighted by atomic mass is 35.5. The number of rotatable bonds is 5. The molecule has 10 heteroatoms. The first-order chi connectivity index (χ1) is 16.5. The third kappa shape index (κ3) is 6.41. The number of hydrogen-bond donors (Lipinski definition) is 0. The van der Waals surface area contributed by atoms with Crippen LogP contribution in [-0.2, 0) is 13.0 Å². The molecule has 0 saturated carbocycles. The van der Waals surface area contributed by atoms with Crippen LogP contribution < -0.4 is 4.74 Å². The Hall–Kier alpha value is -3.35. The molecule has 0 bridgehead atoms. The van der Waals surface area contributed by atoms with Crippen molar-refractivity contribution >= 4 is 17.9 Å². The standard InChI is InChI=1S/C13H14FN3.C12H10ClF2NO2/c1-16-7-6-13-10(8-16)9-17(15-13)12-4-2-11(14)3-5-12;1-7(12(2,14)15)18-10-4-3-8(5-16)11(13)9(10)6-17/h2-5,9H,6-8H2,1H3;3-4,6-7H,1-2H3. The quantitative estimate of drug-likeness (QED) is 0.432. The first-order valence-electron chi connectivity index (χ1n) is 10.8. The van der Waals surface area contributed by atoms with Crippen LogP contribution in [0.25, 0.3) is 5.69 Å². The van der Waals surface area contributed by atoms with Gasteiger partial charge in [0.1, 0.15) is 17.6 Å². The van der Waals surface area contributed by atoms with Crippen LogP contribution in [0, 0.1) is 17.1 Å². The molecule has 35 heavy (non-hydrogen) atoms. The normalized spacial score (nSPS) is 14.2. The Bertz CT molecular complexity index is 1230. The van der Waals surface area contributed by atoms with E-state index in [0.717, 1.165) is 30.9 Å². The fraction of sp³-hybridized carbons (Fsp3) is 0.320. The maximum absolute atomic E-state index is 13.0. The zero-order valence-corrected chi connectivity index (χ0v) is 20.2. The van der Waals surface area contributed by atoms with Gasteiger partial charge in [-0.3, -0.25) is 4.79 Å². The summed E-state index contributed by atoms with van der Waals surface area (Å²) in [6.07, 6.45) is 1.98. The number of nitrogens with zero attached hydrogens (tertiary/aromatic N) is 4. The summed E-state index contributed by atoms with van der Waals surface area (Å²) in [5.41, 5.74) is 3.31. The second-order valence-corrected chi connectivity index (χ2v) is 8.67. The lowest BCUT2D eigenvalue weighted by Gasteiger charge is -2.22. The van der Waals surface area contributed by atoms with Crippen molar-refractivity contribution in [3.05, 3.63) is 75.8 Å². The topological polar surface area (TPSA) is 71.2 Å². The molecule has 0 saturated heterocycles. The Kier molecular flexibility index (Phi) is 8.20. The Balaban J connectivity index is 0.000000196. The van der Waals surface area contributed by atoms with Crippen LogP contribution in [0.1, 0.15) is 41.0 Å². The van der Waals surface area contributed by atoms with E-state index < -0.39 is 12.0 Å². The van der Waals surface area contributed by atoms with Crippen LogP contribution in [0.15, 0.2) is 42.6 Å². The molecule has 0 spiro atoms. The summed E-state index contributed by atoms with van der Waals surface area (Å²) >= 11 is 5.79. The Morgan fingerprint density at radius 3 is 2.54 bits per heavy atom. The van der Waals surface area contributed by atoms with Crippen molar-refractivity contribution < 1.29 is 22.7 Å². The molecule has 1 aliphatic rings. The Labute approximate surface area is 206 Å². The first kappa shape index (κ1) is 26.3.